The number of aromatic nitrogens is 1. The average molecular weight is 161 g/mol. The van der Waals surface area contributed by atoms with Crippen LogP contribution in [0.1, 0.15) is 16.2 Å². The molecule has 12 heavy (non-hydrogen) atoms. The zero-order valence-electron chi connectivity index (χ0n) is 6.57. The van der Waals surface area contributed by atoms with Crippen molar-refractivity contribution in [1.82, 2.24) is 4.98 Å². The fraction of sp³-hybridized carbons (Fsp3) is 0.111. The minimum atomic E-state index is 0.230. The van der Waals surface area contributed by atoms with Crippen LogP contribution >= 0.6 is 0 Å². The number of hydrogen-bond donors (Lipinski definition) is 0. The third-order valence-electron chi connectivity index (χ3n) is 1.37. The largest absolute Gasteiger partial charge is 0.494 e. The highest BCUT2D eigenvalue weighted by Gasteiger charge is 2.02. The quantitative estimate of drug-likeness (QED) is 0.477. The van der Waals surface area contributed by atoms with E-state index in [4.69, 9.17) is 11.2 Å². The van der Waals surface area contributed by atoms with Gasteiger partial charge in [-0.2, -0.15) is 0 Å². The van der Waals surface area contributed by atoms with Crippen molar-refractivity contribution in [3.05, 3.63) is 23.5 Å². The third-order valence-corrected chi connectivity index (χ3v) is 1.37. The van der Waals surface area contributed by atoms with Crippen LogP contribution in [0.15, 0.2) is 12.1 Å². The molecular formula is C9H7NO2. The summed E-state index contributed by atoms with van der Waals surface area (Å²) < 4.78 is 4.87. The minimum absolute atomic E-state index is 0.230. The van der Waals surface area contributed by atoms with E-state index in [0.717, 1.165) is 0 Å². The van der Waals surface area contributed by atoms with Gasteiger partial charge in [0, 0.05) is 0 Å². The van der Waals surface area contributed by atoms with Crippen LogP contribution in [-0.4, -0.2) is 18.4 Å². The molecule has 1 aromatic rings. The van der Waals surface area contributed by atoms with Crippen molar-refractivity contribution in [3.63, 3.8) is 0 Å². The molecule has 60 valence electrons. The highest BCUT2D eigenvalue weighted by atomic mass is 16.5. The lowest BCUT2D eigenvalue weighted by molar-refractivity contribution is 0.111. The summed E-state index contributed by atoms with van der Waals surface area (Å²) >= 11 is 0. The van der Waals surface area contributed by atoms with Crippen LogP contribution in [0.2, 0.25) is 0 Å². The van der Waals surface area contributed by atoms with Crippen LogP contribution in [0.3, 0.4) is 0 Å². The van der Waals surface area contributed by atoms with Crippen LogP contribution in [0.5, 0.6) is 5.75 Å². The van der Waals surface area contributed by atoms with E-state index in [1.165, 1.54) is 7.11 Å². The second kappa shape index (κ2) is 3.54. The van der Waals surface area contributed by atoms with Crippen LogP contribution in [0.25, 0.3) is 0 Å². The highest BCUT2D eigenvalue weighted by molar-refractivity contribution is 5.76. The van der Waals surface area contributed by atoms with Gasteiger partial charge in [-0.15, -0.1) is 6.42 Å². The second-order valence-corrected chi connectivity index (χ2v) is 2.05. The summed E-state index contributed by atoms with van der Waals surface area (Å²) in [5.41, 5.74) is 0.658. The molecule has 0 bridgehead atoms. The third kappa shape index (κ3) is 1.43. The number of hydrogen-bond acceptors (Lipinski definition) is 3. The maximum atomic E-state index is 10.4. The van der Waals surface area contributed by atoms with E-state index in [0.29, 0.717) is 17.7 Å². The van der Waals surface area contributed by atoms with E-state index in [1.54, 1.807) is 12.1 Å². The summed E-state index contributed by atoms with van der Waals surface area (Å²) in [6, 6.07) is 3.23. The van der Waals surface area contributed by atoms with Crippen LogP contribution in [-0.2, 0) is 0 Å². The van der Waals surface area contributed by atoms with E-state index in [2.05, 4.69) is 10.9 Å². The lowest BCUT2D eigenvalue weighted by atomic mass is 10.3. The molecule has 0 aliphatic carbocycles. The van der Waals surface area contributed by atoms with Crippen molar-refractivity contribution in [2.24, 2.45) is 0 Å². The predicted molar refractivity (Wildman–Crippen MR) is 44.1 cm³/mol. The van der Waals surface area contributed by atoms with Crippen molar-refractivity contribution in [1.29, 1.82) is 0 Å². The number of aldehydes is 1. The highest BCUT2D eigenvalue weighted by Crippen LogP contribution is 2.13. The average Bonchev–Trinajstić information content (AvgIpc) is 2.16. The summed E-state index contributed by atoms with van der Waals surface area (Å²) in [5.74, 6) is 2.76. The summed E-state index contributed by atoms with van der Waals surface area (Å²) in [6.45, 7) is 0. The molecule has 0 fully saturated rings. The molecule has 0 aliphatic heterocycles. The van der Waals surface area contributed by atoms with Gasteiger partial charge in [0.05, 0.1) is 7.11 Å². The Morgan fingerprint density at radius 2 is 2.42 bits per heavy atom. The van der Waals surface area contributed by atoms with Gasteiger partial charge in [-0.1, -0.05) is 5.92 Å². The molecule has 0 saturated carbocycles. The Labute approximate surface area is 70.4 Å². The van der Waals surface area contributed by atoms with Gasteiger partial charge >= 0.3 is 0 Å². The molecule has 0 aromatic carbocycles. The number of terminal acetylenes is 1. The van der Waals surface area contributed by atoms with Crippen molar-refractivity contribution >= 4 is 6.29 Å². The Morgan fingerprint density at radius 1 is 1.67 bits per heavy atom. The fourth-order valence-electron chi connectivity index (χ4n) is 0.800. The topological polar surface area (TPSA) is 39.2 Å². The summed E-state index contributed by atoms with van der Waals surface area (Å²) in [5, 5.41) is 0. The molecule has 3 heteroatoms. The first-order valence-corrected chi connectivity index (χ1v) is 3.28. The van der Waals surface area contributed by atoms with Crippen molar-refractivity contribution < 1.29 is 9.53 Å². The molecular weight excluding hydrogens is 154 g/mol. The van der Waals surface area contributed by atoms with E-state index >= 15 is 0 Å². The fourth-order valence-corrected chi connectivity index (χ4v) is 0.800. The minimum Gasteiger partial charge on any atom is -0.494 e. The van der Waals surface area contributed by atoms with Crippen molar-refractivity contribution in [2.75, 3.05) is 7.11 Å². The van der Waals surface area contributed by atoms with Gasteiger partial charge in [0.15, 0.2) is 6.29 Å². The Bertz CT molecular complexity index is 339. The Morgan fingerprint density at radius 3 is 2.92 bits per heavy atom. The molecule has 0 N–H and O–H groups in total. The number of carbonyl (C=O) groups excluding carboxylic acids is 1. The monoisotopic (exact) mass is 161 g/mol. The van der Waals surface area contributed by atoms with Gasteiger partial charge in [0.25, 0.3) is 0 Å². The Kier molecular flexibility index (Phi) is 2.44. The molecule has 0 saturated heterocycles. The van der Waals surface area contributed by atoms with Gasteiger partial charge in [-0.05, 0) is 12.1 Å². The standard InChI is InChI=1S/C9H7NO2/c1-3-7-4-5-9(12-2)8(6-11)10-7/h1,4-6H,2H3. The van der Waals surface area contributed by atoms with Crippen LogP contribution in [0, 0.1) is 12.3 Å². The number of pyridine rings is 1. The molecule has 0 aliphatic rings. The molecule has 0 atom stereocenters. The smallest absolute Gasteiger partial charge is 0.172 e. The van der Waals surface area contributed by atoms with Gasteiger partial charge in [0.1, 0.15) is 17.1 Å². The van der Waals surface area contributed by atoms with Gasteiger partial charge < -0.3 is 4.74 Å². The van der Waals surface area contributed by atoms with Crippen molar-refractivity contribution in [3.8, 4) is 18.1 Å². The summed E-state index contributed by atoms with van der Waals surface area (Å²) in [7, 11) is 1.47. The Balaban J connectivity index is 3.21. The molecule has 0 unspecified atom stereocenters. The molecule has 0 spiro atoms. The number of rotatable bonds is 2. The second-order valence-electron chi connectivity index (χ2n) is 2.05. The van der Waals surface area contributed by atoms with E-state index in [1.807, 2.05) is 0 Å². The SMILES string of the molecule is C#Cc1ccc(OC)c(C=O)n1. The summed E-state index contributed by atoms with van der Waals surface area (Å²) in [4.78, 5) is 14.3. The maximum Gasteiger partial charge on any atom is 0.172 e. The van der Waals surface area contributed by atoms with Crippen LogP contribution < -0.4 is 4.74 Å². The predicted octanol–water partition coefficient (Wildman–Crippen LogP) is 0.884. The molecule has 1 heterocycles. The first-order valence-electron chi connectivity index (χ1n) is 3.28. The van der Waals surface area contributed by atoms with E-state index in [-0.39, 0.29) is 5.69 Å². The lowest BCUT2D eigenvalue weighted by Crippen LogP contribution is -1.95. The Hall–Kier alpha value is -1.82. The zero-order valence-corrected chi connectivity index (χ0v) is 6.57. The van der Waals surface area contributed by atoms with Crippen molar-refractivity contribution in [2.45, 2.75) is 0 Å². The van der Waals surface area contributed by atoms with E-state index in [9.17, 15) is 4.79 Å². The number of nitrogens with zero attached hydrogens (tertiary/aromatic N) is 1. The van der Waals surface area contributed by atoms with E-state index < -0.39 is 0 Å². The summed E-state index contributed by atoms with van der Waals surface area (Å²) in [6.07, 6.45) is 5.71. The molecule has 1 rings (SSSR count). The zero-order chi connectivity index (χ0) is 8.97. The first-order chi connectivity index (χ1) is 5.81. The molecule has 0 radical (unpaired) electrons. The number of methoxy groups -OCH3 is 1. The molecule has 1 aromatic heterocycles. The van der Waals surface area contributed by atoms with Gasteiger partial charge in [0.2, 0.25) is 0 Å². The molecule has 3 nitrogen and oxygen atoms in total. The van der Waals surface area contributed by atoms with Gasteiger partial charge in [-0.3, -0.25) is 4.79 Å². The van der Waals surface area contributed by atoms with Crippen LogP contribution in [0.4, 0.5) is 0 Å². The number of ether oxygens (including phenoxy) is 1. The maximum absolute atomic E-state index is 10.4. The lowest BCUT2D eigenvalue weighted by Gasteiger charge is -2.01. The number of carbonyl (C=O) groups is 1. The molecule has 0 amide bonds. The van der Waals surface area contributed by atoms with Gasteiger partial charge in [-0.25, -0.2) is 4.98 Å². The normalized spacial score (nSPS) is 8.67. The first kappa shape index (κ1) is 8.28.